The Balaban J connectivity index is 2.14. The maximum absolute atomic E-state index is 5.43. The second kappa shape index (κ2) is 5.13. The fourth-order valence-electron chi connectivity index (χ4n) is 2.08. The zero-order chi connectivity index (χ0) is 11.5. The Hall–Kier alpha value is -0.640. The van der Waals surface area contributed by atoms with Crippen LogP contribution in [0.3, 0.4) is 0 Å². The molecule has 16 heavy (non-hydrogen) atoms. The molecule has 2 nitrogen and oxygen atoms in total. The lowest BCUT2D eigenvalue weighted by atomic mass is 9.91. The van der Waals surface area contributed by atoms with Crippen LogP contribution < -0.4 is 5.73 Å². The molecule has 1 saturated heterocycles. The van der Waals surface area contributed by atoms with E-state index in [2.05, 4.69) is 52.2 Å². The van der Waals surface area contributed by atoms with Crippen molar-refractivity contribution < 1.29 is 0 Å². The Kier molecular flexibility index (Phi) is 3.79. The summed E-state index contributed by atoms with van der Waals surface area (Å²) in [5.74, 6) is 0.687. The van der Waals surface area contributed by atoms with Crippen molar-refractivity contribution >= 4 is 22.0 Å². The molecule has 3 heteroatoms. The van der Waals surface area contributed by atoms with Crippen molar-refractivity contribution in [1.29, 1.82) is 0 Å². The lowest BCUT2D eigenvalue weighted by Crippen LogP contribution is -2.41. The van der Waals surface area contributed by atoms with E-state index in [0.29, 0.717) is 12.5 Å². The number of likely N-dealkylation sites (N-methyl/N-ethyl adjacent to an activating group) is 1. The lowest BCUT2D eigenvalue weighted by Gasteiger charge is -2.37. The summed E-state index contributed by atoms with van der Waals surface area (Å²) in [5, 5.41) is 0. The molecule has 0 radical (unpaired) electrons. The molecule has 1 aromatic rings. The van der Waals surface area contributed by atoms with Gasteiger partial charge in [-0.3, -0.25) is 0 Å². The minimum atomic E-state index is 0.590. The monoisotopic (exact) mass is 280 g/mol. The fraction of sp³-hybridized carbons (Fsp3) is 0.385. The third kappa shape index (κ3) is 2.54. The van der Waals surface area contributed by atoms with Crippen LogP contribution in [-0.2, 0) is 0 Å². The summed E-state index contributed by atoms with van der Waals surface area (Å²) < 4.78 is 1.21. The van der Waals surface area contributed by atoms with Crippen LogP contribution in [0.4, 0.5) is 0 Å². The van der Waals surface area contributed by atoms with Crippen molar-refractivity contribution in [3.8, 4) is 0 Å². The fourth-order valence-corrected chi connectivity index (χ4v) is 2.80. The number of nitrogens with zero attached hydrogens (tertiary/aromatic N) is 1. The smallest absolute Gasteiger partial charge is 0.0217 e. The zero-order valence-electron chi connectivity index (χ0n) is 9.49. The predicted molar refractivity (Wildman–Crippen MR) is 72.5 cm³/mol. The third-order valence-electron chi connectivity index (χ3n) is 2.97. The van der Waals surface area contributed by atoms with E-state index in [0.717, 1.165) is 13.1 Å². The van der Waals surface area contributed by atoms with E-state index in [-0.39, 0.29) is 0 Å². The molecule has 0 saturated carbocycles. The van der Waals surface area contributed by atoms with E-state index in [1.54, 1.807) is 0 Å². The maximum atomic E-state index is 5.43. The topological polar surface area (TPSA) is 29.3 Å². The Morgan fingerprint density at radius 1 is 1.50 bits per heavy atom. The third-order valence-corrected chi connectivity index (χ3v) is 3.66. The molecule has 2 rings (SSSR count). The average molecular weight is 281 g/mol. The van der Waals surface area contributed by atoms with Gasteiger partial charge in [-0.15, -0.1) is 0 Å². The van der Waals surface area contributed by atoms with Gasteiger partial charge in [0.1, 0.15) is 0 Å². The van der Waals surface area contributed by atoms with Crippen LogP contribution in [0.25, 0.3) is 6.08 Å². The van der Waals surface area contributed by atoms with Crippen molar-refractivity contribution in [2.24, 2.45) is 5.73 Å². The van der Waals surface area contributed by atoms with Crippen LogP contribution in [-0.4, -0.2) is 31.6 Å². The molecular formula is C13H17BrN2. The number of rotatable bonds is 3. The molecule has 0 spiro atoms. The highest BCUT2D eigenvalue weighted by Crippen LogP contribution is 2.32. The first kappa shape index (κ1) is 11.8. The summed E-state index contributed by atoms with van der Waals surface area (Å²) in [7, 11) is 2.16. The van der Waals surface area contributed by atoms with Crippen LogP contribution in [0.2, 0.25) is 0 Å². The number of hydrogen-bond acceptors (Lipinski definition) is 2. The molecule has 1 aromatic carbocycles. The highest BCUT2D eigenvalue weighted by atomic mass is 79.9. The second-order valence-corrected chi connectivity index (χ2v) is 5.19. The summed E-state index contributed by atoms with van der Waals surface area (Å²) >= 11 is 3.65. The molecule has 2 N–H and O–H groups in total. The van der Waals surface area contributed by atoms with Gasteiger partial charge in [-0.1, -0.05) is 40.2 Å². The lowest BCUT2D eigenvalue weighted by molar-refractivity contribution is 0.189. The molecule has 1 aliphatic rings. The minimum absolute atomic E-state index is 0.590. The first-order valence-corrected chi connectivity index (χ1v) is 6.34. The summed E-state index contributed by atoms with van der Waals surface area (Å²) in [6.45, 7) is 2.92. The molecule has 0 unspecified atom stereocenters. The quantitative estimate of drug-likeness (QED) is 0.922. The van der Waals surface area contributed by atoms with Gasteiger partial charge >= 0.3 is 0 Å². The summed E-state index contributed by atoms with van der Waals surface area (Å²) in [5.41, 5.74) is 8.06. The van der Waals surface area contributed by atoms with Gasteiger partial charge < -0.3 is 10.6 Å². The molecule has 1 heterocycles. The van der Waals surface area contributed by atoms with Gasteiger partial charge in [0.25, 0.3) is 0 Å². The maximum Gasteiger partial charge on any atom is 0.0217 e. The minimum Gasteiger partial charge on any atom is -0.327 e. The van der Waals surface area contributed by atoms with Gasteiger partial charge in [0.2, 0.25) is 0 Å². The summed E-state index contributed by atoms with van der Waals surface area (Å²) in [6.07, 6.45) is 4.03. The molecule has 0 aromatic heterocycles. The van der Waals surface area contributed by atoms with Gasteiger partial charge in [0.15, 0.2) is 0 Å². The molecule has 86 valence electrons. The summed E-state index contributed by atoms with van der Waals surface area (Å²) in [4.78, 5) is 2.33. The van der Waals surface area contributed by atoms with Crippen LogP contribution in [0.5, 0.6) is 0 Å². The molecule has 1 aliphatic heterocycles. The number of benzene rings is 1. The first-order chi connectivity index (χ1) is 7.70. The Bertz CT molecular complexity index is 395. The number of likely N-dealkylation sites (tertiary alicyclic amines) is 1. The zero-order valence-corrected chi connectivity index (χ0v) is 11.1. The second-order valence-electron chi connectivity index (χ2n) is 4.34. The molecule has 1 fully saturated rings. The van der Waals surface area contributed by atoms with Crippen molar-refractivity contribution in [3.63, 3.8) is 0 Å². The Morgan fingerprint density at radius 2 is 2.25 bits per heavy atom. The number of hydrogen-bond donors (Lipinski definition) is 1. The van der Waals surface area contributed by atoms with Gasteiger partial charge in [-0.05, 0) is 24.2 Å². The van der Waals surface area contributed by atoms with Gasteiger partial charge in [0.05, 0.1) is 0 Å². The normalized spacial score (nSPS) is 17.9. The largest absolute Gasteiger partial charge is 0.327 e. The standard InChI is InChI=1S/C13H17BrN2/c1-16-8-11(9-16)12-5-4-10(3-2-6-15)7-13(12)14/h2-5,7,11H,6,8-9,15H2,1H3/b3-2+. The molecule has 0 bridgehead atoms. The van der Waals surface area contributed by atoms with E-state index in [4.69, 9.17) is 5.73 Å². The van der Waals surface area contributed by atoms with Crippen LogP contribution in [0, 0.1) is 0 Å². The van der Waals surface area contributed by atoms with Gasteiger partial charge in [-0.2, -0.15) is 0 Å². The van der Waals surface area contributed by atoms with E-state index in [1.807, 2.05) is 6.08 Å². The molecule has 0 atom stereocenters. The average Bonchev–Trinajstić information content (AvgIpc) is 2.23. The van der Waals surface area contributed by atoms with E-state index in [9.17, 15) is 0 Å². The van der Waals surface area contributed by atoms with Crippen molar-refractivity contribution in [2.75, 3.05) is 26.7 Å². The van der Waals surface area contributed by atoms with Crippen LogP contribution in [0.1, 0.15) is 17.0 Å². The Labute approximate surface area is 105 Å². The van der Waals surface area contributed by atoms with E-state index < -0.39 is 0 Å². The first-order valence-electron chi connectivity index (χ1n) is 5.55. The summed E-state index contributed by atoms with van der Waals surface area (Å²) in [6, 6.07) is 6.54. The van der Waals surface area contributed by atoms with E-state index >= 15 is 0 Å². The Morgan fingerprint density at radius 3 is 2.81 bits per heavy atom. The van der Waals surface area contributed by atoms with Crippen LogP contribution in [0.15, 0.2) is 28.7 Å². The van der Waals surface area contributed by atoms with Gasteiger partial charge in [-0.25, -0.2) is 0 Å². The predicted octanol–water partition coefficient (Wildman–Crippen LogP) is 2.45. The van der Waals surface area contributed by atoms with Crippen molar-refractivity contribution in [2.45, 2.75) is 5.92 Å². The molecule has 0 amide bonds. The molecular weight excluding hydrogens is 264 g/mol. The van der Waals surface area contributed by atoms with Gasteiger partial charge in [0, 0.05) is 30.0 Å². The number of halogens is 1. The number of nitrogens with two attached hydrogens (primary N) is 1. The van der Waals surface area contributed by atoms with Crippen LogP contribution >= 0.6 is 15.9 Å². The highest BCUT2D eigenvalue weighted by molar-refractivity contribution is 9.10. The van der Waals surface area contributed by atoms with Crippen molar-refractivity contribution in [3.05, 3.63) is 39.9 Å². The molecule has 0 aliphatic carbocycles. The SMILES string of the molecule is CN1CC(c2ccc(/C=C/CN)cc2Br)C1. The van der Waals surface area contributed by atoms with E-state index in [1.165, 1.54) is 15.6 Å². The van der Waals surface area contributed by atoms with Crippen molar-refractivity contribution in [1.82, 2.24) is 4.90 Å². The highest BCUT2D eigenvalue weighted by Gasteiger charge is 2.26.